The Morgan fingerprint density at radius 2 is 2.05 bits per heavy atom. The molecular weight excluding hydrogens is 304 g/mol. The van der Waals surface area contributed by atoms with Crippen LogP contribution in [-0.4, -0.2) is 34.3 Å². The third kappa shape index (κ3) is 4.47. The third-order valence-corrected chi connectivity index (χ3v) is 6.31. The number of rotatable bonds is 4. The van der Waals surface area contributed by atoms with Crippen LogP contribution in [0.1, 0.15) is 39.0 Å². The van der Waals surface area contributed by atoms with Crippen LogP contribution in [-0.2, 0) is 20.8 Å². The van der Waals surface area contributed by atoms with Gasteiger partial charge in [-0.05, 0) is 27.2 Å². The van der Waals surface area contributed by atoms with Gasteiger partial charge in [-0.25, -0.2) is 17.6 Å². The standard InChI is InChI=1S/C11H18N2O3S3/c1-6-8(13-18(14)11(2,3)4)9-7-12-10(17-9)19(5,15)16/h7H,6H2,1-5H3/t18-/m0/s1. The van der Waals surface area contributed by atoms with Crippen molar-refractivity contribution < 1.29 is 12.6 Å². The van der Waals surface area contributed by atoms with Crippen molar-refractivity contribution in [1.29, 1.82) is 0 Å². The van der Waals surface area contributed by atoms with E-state index in [-0.39, 0.29) is 4.34 Å². The van der Waals surface area contributed by atoms with Crippen LogP contribution in [0.25, 0.3) is 0 Å². The smallest absolute Gasteiger partial charge is 0.209 e. The van der Waals surface area contributed by atoms with Gasteiger partial charge >= 0.3 is 0 Å². The molecule has 1 atom stereocenters. The van der Waals surface area contributed by atoms with Gasteiger partial charge in [0.25, 0.3) is 0 Å². The summed E-state index contributed by atoms with van der Waals surface area (Å²) in [6, 6.07) is 0. The van der Waals surface area contributed by atoms with Crippen molar-refractivity contribution in [2.75, 3.05) is 6.26 Å². The zero-order valence-electron chi connectivity index (χ0n) is 11.6. The van der Waals surface area contributed by atoms with Gasteiger partial charge in [0.05, 0.1) is 15.3 Å². The fourth-order valence-corrected chi connectivity index (χ4v) is 3.67. The van der Waals surface area contributed by atoms with Gasteiger partial charge in [-0.2, -0.15) is 4.40 Å². The van der Waals surface area contributed by atoms with Crippen molar-refractivity contribution in [3.63, 3.8) is 0 Å². The zero-order chi connectivity index (χ0) is 14.8. The van der Waals surface area contributed by atoms with E-state index in [1.165, 1.54) is 6.20 Å². The molecule has 0 unspecified atom stereocenters. The molecule has 0 bridgehead atoms. The first-order chi connectivity index (χ1) is 8.55. The predicted octanol–water partition coefficient (Wildman–Crippen LogP) is 2.21. The summed E-state index contributed by atoms with van der Waals surface area (Å²) in [5, 5.41) is 0. The van der Waals surface area contributed by atoms with Gasteiger partial charge in [-0.3, -0.25) is 0 Å². The van der Waals surface area contributed by atoms with E-state index in [0.717, 1.165) is 17.6 Å². The van der Waals surface area contributed by atoms with E-state index in [4.69, 9.17) is 0 Å². The average molecular weight is 322 g/mol. The van der Waals surface area contributed by atoms with E-state index in [1.807, 2.05) is 27.7 Å². The molecule has 0 aliphatic rings. The van der Waals surface area contributed by atoms with E-state index < -0.39 is 25.6 Å². The van der Waals surface area contributed by atoms with Crippen LogP contribution >= 0.6 is 11.3 Å². The minimum absolute atomic E-state index is 0.0604. The molecular formula is C11H18N2O3S3. The Bertz CT molecular complexity index is 609. The van der Waals surface area contributed by atoms with Crippen LogP contribution < -0.4 is 0 Å². The van der Waals surface area contributed by atoms with Gasteiger partial charge in [0.15, 0.2) is 0 Å². The lowest BCUT2D eigenvalue weighted by Crippen LogP contribution is -2.20. The van der Waals surface area contributed by atoms with Gasteiger partial charge in [0.1, 0.15) is 11.0 Å². The molecule has 0 aliphatic carbocycles. The molecule has 0 radical (unpaired) electrons. The number of sulfone groups is 1. The molecule has 8 heteroatoms. The fraction of sp³-hybridized carbons (Fsp3) is 0.636. The maximum atomic E-state index is 12.0. The summed E-state index contributed by atoms with van der Waals surface area (Å²) in [5.41, 5.74) is 0.626. The van der Waals surface area contributed by atoms with E-state index in [0.29, 0.717) is 17.0 Å². The lowest BCUT2D eigenvalue weighted by Gasteiger charge is -2.14. The van der Waals surface area contributed by atoms with Gasteiger partial charge < -0.3 is 0 Å². The highest BCUT2D eigenvalue weighted by Crippen LogP contribution is 2.21. The fourth-order valence-electron chi connectivity index (χ4n) is 1.08. The van der Waals surface area contributed by atoms with E-state index in [1.54, 1.807) is 0 Å². The second kappa shape index (κ2) is 5.80. The molecule has 1 heterocycles. The molecule has 0 spiro atoms. The third-order valence-electron chi connectivity index (χ3n) is 2.14. The summed E-state index contributed by atoms with van der Waals surface area (Å²) in [5.74, 6) is 0. The Hall–Kier alpha value is -0.600. The van der Waals surface area contributed by atoms with Crippen LogP contribution in [0.4, 0.5) is 0 Å². The maximum absolute atomic E-state index is 12.0. The number of aromatic nitrogens is 1. The highest BCUT2D eigenvalue weighted by molar-refractivity contribution is 7.92. The largest absolute Gasteiger partial charge is 0.234 e. The molecule has 0 saturated carbocycles. The Balaban J connectivity index is 3.15. The normalized spacial score (nSPS) is 15.5. The molecule has 0 N–H and O–H groups in total. The van der Waals surface area contributed by atoms with Gasteiger partial charge in [-0.15, -0.1) is 11.3 Å². The molecule has 19 heavy (non-hydrogen) atoms. The summed E-state index contributed by atoms with van der Waals surface area (Å²) in [6.45, 7) is 7.41. The lowest BCUT2D eigenvalue weighted by molar-refractivity contribution is 0.601. The summed E-state index contributed by atoms with van der Waals surface area (Å²) in [4.78, 5) is 4.53. The Kier molecular flexibility index (Phi) is 5.02. The Morgan fingerprint density at radius 3 is 2.42 bits per heavy atom. The summed E-state index contributed by atoms with van der Waals surface area (Å²) in [6.07, 6.45) is 3.17. The van der Waals surface area contributed by atoms with Crippen molar-refractivity contribution in [1.82, 2.24) is 4.98 Å². The minimum atomic E-state index is -3.30. The Morgan fingerprint density at radius 1 is 1.47 bits per heavy atom. The highest BCUT2D eigenvalue weighted by atomic mass is 32.2. The molecule has 1 aromatic rings. The van der Waals surface area contributed by atoms with Crippen LogP contribution in [0.5, 0.6) is 0 Å². The highest BCUT2D eigenvalue weighted by Gasteiger charge is 2.21. The number of nitrogens with zero attached hydrogens (tertiary/aromatic N) is 2. The van der Waals surface area contributed by atoms with Crippen LogP contribution in [0.2, 0.25) is 0 Å². The van der Waals surface area contributed by atoms with Crippen molar-refractivity contribution in [2.24, 2.45) is 4.40 Å². The second-order valence-electron chi connectivity index (χ2n) is 5.02. The van der Waals surface area contributed by atoms with Gasteiger partial charge in [0, 0.05) is 12.5 Å². The van der Waals surface area contributed by atoms with Crippen molar-refractivity contribution in [3.8, 4) is 0 Å². The minimum Gasteiger partial charge on any atom is -0.234 e. The second-order valence-corrected chi connectivity index (χ2v) is 10.1. The average Bonchev–Trinajstić information content (AvgIpc) is 2.72. The first kappa shape index (κ1) is 16.5. The molecule has 1 rings (SSSR count). The molecule has 1 aromatic heterocycles. The SMILES string of the molecule is CCC(=N[S@@](=O)C(C)(C)C)c1cnc(S(C)(=O)=O)s1. The monoisotopic (exact) mass is 322 g/mol. The maximum Gasteiger partial charge on any atom is 0.209 e. The molecule has 0 amide bonds. The summed E-state index contributed by atoms with van der Waals surface area (Å²) >= 11 is 1.06. The van der Waals surface area contributed by atoms with Crippen LogP contribution in [0.15, 0.2) is 14.9 Å². The first-order valence-corrected chi connectivity index (χ1v) is 9.53. The zero-order valence-corrected chi connectivity index (χ0v) is 14.1. The summed E-state index contributed by atoms with van der Waals surface area (Å²) < 4.78 is 38.6. The van der Waals surface area contributed by atoms with Gasteiger partial charge in [0.2, 0.25) is 14.2 Å². The molecule has 108 valence electrons. The first-order valence-electron chi connectivity index (χ1n) is 5.71. The van der Waals surface area contributed by atoms with Crippen molar-refractivity contribution >= 4 is 37.9 Å². The number of hydrogen-bond acceptors (Lipinski definition) is 5. The van der Waals surface area contributed by atoms with E-state index in [9.17, 15) is 12.6 Å². The molecule has 0 aromatic carbocycles. The van der Waals surface area contributed by atoms with Crippen molar-refractivity contribution in [3.05, 3.63) is 11.1 Å². The quantitative estimate of drug-likeness (QED) is 0.796. The molecule has 0 saturated heterocycles. The van der Waals surface area contributed by atoms with E-state index >= 15 is 0 Å². The van der Waals surface area contributed by atoms with Crippen LogP contribution in [0, 0.1) is 0 Å². The Labute approximate surface area is 120 Å². The molecule has 0 aliphatic heterocycles. The topological polar surface area (TPSA) is 76.5 Å². The van der Waals surface area contributed by atoms with E-state index in [2.05, 4.69) is 9.38 Å². The van der Waals surface area contributed by atoms with Crippen molar-refractivity contribution in [2.45, 2.75) is 43.2 Å². The number of hydrogen-bond donors (Lipinski definition) is 0. The van der Waals surface area contributed by atoms with Gasteiger partial charge in [-0.1, -0.05) is 6.92 Å². The molecule has 5 nitrogen and oxygen atoms in total. The summed E-state index contributed by atoms with van der Waals surface area (Å²) in [7, 11) is -4.67. The molecule has 0 fully saturated rings. The lowest BCUT2D eigenvalue weighted by atomic mass is 10.3. The number of thiazole rings is 1. The predicted molar refractivity (Wildman–Crippen MR) is 79.9 cm³/mol. The van der Waals surface area contributed by atoms with Crippen LogP contribution in [0.3, 0.4) is 0 Å².